The standard InChI is InChI=1S/C16H13NO5/c1-21-16(20)8-3-2-4-9(7-8)17-14(18)12-10-5-6-11(22-10)13(12)15(17)19/h2-7,10-13H,1H3/t10-,11-,12-,13+/m0/s1. The van der Waals surface area contributed by atoms with Gasteiger partial charge in [0.25, 0.3) is 0 Å². The van der Waals surface area contributed by atoms with Crippen molar-refractivity contribution in [2.45, 2.75) is 12.2 Å². The van der Waals surface area contributed by atoms with Crippen molar-refractivity contribution in [1.82, 2.24) is 0 Å². The van der Waals surface area contributed by atoms with Gasteiger partial charge in [-0.25, -0.2) is 9.69 Å². The number of ether oxygens (including phenoxy) is 2. The van der Waals surface area contributed by atoms with E-state index in [0.717, 1.165) is 4.90 Å². The van der Waals surface area contributed by atoms with Gasteiger partial charge < -0.3 is 9.47 Å². The van der Waals surface area contributed by atoms with Crippen LogP contribution in [-0.2, 0) is 19.1 Å². The van der Waals surface area contributed by atoms with Crippen LogP contribution in [0.5, 0.6) is 0 Å². The molecule has 0 N–H and O–H groups in total. The number of rotatable bonds is 2. The van der Waals surface area contributed by atoms with Crippen LogP contribution in [0, 0.1) is 11.8 Å². The lowest BCUT2D eigenvalue weighted by atomic mass is 9.85. The summed E-state index contributed by atoms with van der Waals surface area (Å²) in [4.78, 5) is 38.0. The Balaban J connectivity index is 1.71. The van der Waals surface area contributed by atoms with Crippen LogP contribution in [0.3, 0.4) is 0 Å². The number of fused-ring (bicyclic) bond motifs is 5. The molecule has 4 atom stereocenters. The maximum atomic E-state index is 12.6. The number of carbonyl (C=O) groups is 3. The lowest BCUT2D eigenvalue weighted by molar-refractivity contribution is -0.124. The van der Waals surface area contributed by atoms with E-state index in [-0.39, 0.29) is 24.0 Å². The summed E-state index contributed by atoms with van der Waals surface area (Å²) in [6.45, 7) is 0. The van der Waals surface area contributed by atoms with Gasteiger partial charge in [-0.15, -0.1) is 0 Å². The predicted molar refractivity (Wildman–Crippen MR) is 75.1 cm³/mol. The summed E-state index contributed by atoms with van der Waals surface area (Å²) < 4.78 is 10.3. The molecule has 3 aliphatic rings. The summed E-state index contributed by atoms with van der Waals surface area (Å²) in [7, 11) is 1.28. The van der Waals surface area contributed by atoms with Crippen molar-refractivity contribution in [1.29, 1.82) is 0 Å². The molecule has 2 bridgehead atoms. The fourth-order valence-electron chi connectivity index (χ4n) is 3.45. The third-order valence-electron chi connectivity index (χ3n) is 4.44. The van der Waals surface area contributed by atoms with Gasteiger partial charge in [-0.05, 0) is 18.2 Å². The average molecular weight is 299 g/mol. The third kappa shape index (κ3) is 1.61. The number of amides is 2. The molecular weight excluding hydrogens is 286 g/mol. The van der Waals surface area contributed by atoms with E-state index in [1.165, 1.54) is 13.2 Å². The molecule has 1 aromatic carbocycles. The largest absolute Gasteiger partial charge is 0.465 e. The van der Waals surface area contributed by atoms with Crippen LogP contribution in [0.1, 0.15) is 10.4 Å². The van der Waals surface area contributed by atoms with Gasteiger partial charge >= 0.3 is 5.97 Å². The molecule has 6 nitrogen and oxygen atoms in total. The van der Waals surface area contributed by atoms with Crippen LogP contribution in [0.15, 0.2) is 36.4 Å². The number of methoxy groups -OCH3 is 1. The zero-order valence-corrected chi connectivity index (χ0v) is 11.8. The normalized spacial score (nSPS) is 31.8. The van der Waals surface area contributed by atoms with Gasteiger partial charge in [0, 0.05) is 0 Å². The number of anilines is 1. The lowest BCUT2D eigenvalue weighted by Crippen LogP contribution is -2.34. The van der Waals surface area contributed by atoms with Crippen LogP contribution in [0.4, 0.5) is 5.69 Å². The summed E-state index contributed by atoms with van der Waals surface area (Å²) in [5, 5.41) is 0. The average Bonchev–Trinajstić information content (AvgIpc) is 3.21. The van der Waals surface area contributed by atoms with Crippen LogP contribution in [0.25, 0.3) is 0 Å². The van der Waals surface area contributed by atoms with Gasteiger partial charge in [0.05, 0.1) is 42.4 Å². The van der Waals surface area contributed by atoms with Crippen molar-refractivity contribution in [3.8, 4) is 0 Å². The number of hydrogen-bond acceptors (Lipinski definition) is 5. The first kappa shape index (κ1) is 13.2. The van der Waals surface area contributed by atoms with Crippen LogP contribution in [-0.4, -0.2) is 37.1 Å². The van der Waals surface area contributed by atoms with Crippen molar-refractivity contribution in [3.05, 3.63) is 42.0 Å². The molecule has 22 heavy (non-hydrogen) atoms. The molecule has 4 rings (SSSR count). The molecule has 112 valence electrons. The fraction of sp³-hybridized carbons (Fsp3) is 0.312. The lowest BCUT2D eigenvalue weighted by Gasteiger charge is -2.18. The molecule has 0 aromatic heterocycles. The second-order valence-corrected chi connectivity index (χ2v) is 5.56. The van der Waals surface area contributed by atoms with Gasteiger partial charge in [-0.3, -0.25) is 9.59 Å². The van der Waals surface area contributed by atoms with Crippen molar-refractivity contribution >= 4 is 23.5 Å². The Kier molecular flexibility index (Phi) is 2.71. The molecule has 0 radical (unpaired) electrons. The third-order valence-corrected chi connectivity index (χ3v) is 4.44. The molecule has 0 spiro atoms. The number of hydrogen-bond donors (Lipinski definition) is 0. The van der Waals surface area contributed by atoms with Gasteiger partial charge in [-0.2, -0.15) is 0 Å². The van der Waals surface area contributed by atoms with E-state index in [4.69, 9.17) is 4.74 Å². The van der Waals surface area contributed by atoms with E-state index >= 15 is 0 Å². The zero-order valence-electron chi connectivity index (χ0n) is 11.8. The number of carbonyl (C=O) groups excluding carboxylic acids is 3. The molecule has 1 aromatic rings. The molecule has 2 fully saturated rings. The number of imide groups is 1. The summed E-state index contributed by atoms with van der Waals surface area (Å²) in [6, 6.07) is 6.34. The Hall–Kier alpha value is -2.47. The SMILES string of the molecule is COC(=O)c1cccc(N2C(=O)[C@@H]3[C@H](C2=O)[C@@H]2C=C[C@@H]3O2)c1. The minimum Gasteiger partial charge on any atom is -0.465 e. The summed E-state index contributed by atoms with van der Waals surface area (Å²) in [6.07, 6.45) is 3.04. The predicted octanol–water partition coefficient (Wildman–Crippen LogP) is 0.916. The molecule has 2 amide bonds. The molecule has 0 unspecified atom stereocenters. The number of nitrogens with zero attached hydrogens (tertiary/aromatic N) is 1. The van der Waals surface area contributed by atoms with Gasteiger partial charge in [0.2, 0.25) is 11.8 Å². The van der Waals surface area contributed by atoms with Crippen molar-refractivity contribution in [2.75, 3.05) is 12.0 Å². The van der Waals surface area contributed by atoms with Gasteiger partial charge in [0.1, 0.15) is 0 Å². The molecule has 6 heteroatoms. The Morgan fingerprint density at radius 2 is 1.77 bits per heavy atom. The van der Waals surface area contributed by atoms with E-state index in [2.05, 4.69) is 4.74 Å². The minimum absolute atomic E-state index is 0.270. The van der Waals surface area contributed by atoms with Crippen molar-refractivity contribution in [3.63, 3.8) is 0 Å². The first-order valence-corrected chi connectivity index (χ1v) is 7.02. The smallest absolute Gasteiger partial charge is 0.337 e. The quantitative estimate of drug-likeness (QED) is 0.461. The monoisotopic (exact) mass is 299 g/mol. The molecular formula is C16H13NO5. The first-order chi connectivity index (χ1) is 10.6. The summed E-state index contributed by atoms with van der Waals surface area (Å²) in [5.41, 5.74) is 0.696. The molecule has 0 saturated carbocycles. The Morgan fingerprint density at radius 1 is 1.14 bits per heavy atom. The molecule has 2 saturated heterocycles. The molecule has 0 aliphatic carbocycles. The number of benzene rings is 1. The van der Waals surface area contributed by atoms with Crippen LogP contribution in [0.2, 0.25) is 0 Å². The second-order valence-electron chi connectivity index (χ2n) is 5.56. The van der Waals surface area contributed by atoms with Crippen molar-refractivity contribution in [2.24, 2.45) is 11.8 Å². The maximum absolute atomic E-state index is 12.6. The van der Waals surface area contributed by atoms with Crippen LogP contribution < -0.4 is 4.90 Å². The van der Waals surface area contributed by atoms with Crippen LogP contribution >= 0.6 is 0 Å². The van der Waals surface area contributed by atoms with E-state index in [0.29, 0.717) is 11.3 Å². The summed E-state index contributed by atoms with van der Waals surface area (Å²) in [5.74, 6) is -1.96. The van der Waals surface area contributed by atoms with Crippen molar-refractivity contribution < 1.29 is 23.9 Å². The Bertz CT molecular complexity index is 695. The molecule has 3 heterocycles. The van der Waals surface area contributed by atoms with E-state index < -0.39 is 17.8 Å². The minimum atomic E-state index is -0.508. The highest BCUT2D eigenvalue weighted by atomic mass is 16.5. The fourth-order valence-corrected chi connectivity index (χ4v) is 3.45. The topological polar surface area (TPSA) is 72.9 Å². The Labute approximate surface area is 126 Å². The Morgan fingerprint density at radius 3 is 2.36 bits per heavy atom. The van der Waals surface area contributed by atoms with E-state index in [9.17, 15) is 14.4 Å². The second kappa shape index (κ2) is 4.51. The maximum Gasteiger partial charge on any atom is 0.337 e. The van der Waals surface area contributed by atoms with Gasteiger partial charge in [0.15, 0.2) is 0 Å². The molecule has 3 aliphatic heterocycles. The first-order valence-electron chi connectivity index (χ1n) is 7.02. The number of esters is 1. The van der Waals surface area contributed by atoms with E-state index in [1.54, 1.807) is 18.2 Å². The zero-order chi connectivity index (χ0) is 15.4. The highest BCUT2D eigenvalue weighted by Crippen LogP contribution is 2.46. The highest BCUT2D eigenvalue weighted by molar-refractivity contribution is 6.23. The van der Waals surface area contributed by atoms with E-state index in [1.807, 2.05) is 12.2 Å². The van der Waals surface area contributed by atoms with Gasteiger partial charge in [-0.1, -0.05) is 18.2 Å². The summed E-state index contributed by atoms with van der Waals surface area (Å²) >= 11 is 0. The highest BCUT2D eigenvalue weighted by Gasteiger charge is 2.61.